The van der Waals surface area contributed by atoms with Gasteiger partial charge in [-0.3, -0.25) is 14.4 Å². The lowest BCUT2D eigenvalue weighted by molar-refractivity contribution is -0.146. The number of benzene rings is 2. The van der Waals surface area contributed by atoms with Crippen molar-refractivity contribution in [2.45, 2.75) is 58.5 Å². The summed E-state index contributed by atoms with van der Waals surface area (Å²) in [5.41, 5.74) is 0.864. The molecule has 0 aliphatic carbocycles. The predicted molar refractivity (Wildman–Crippen MR) is 128 cm³/mol. The van der Waals surface area contributed by atoms with Gasteiger partial charge in [-0.15, -0.1) is 0 Å². The molecule has 0 bridgehead atoms. The summed E-state index contributed by atoms with van der Waals surface area (Å²) in [6.45, 7) is 4.84. The van der Waals surface area contributed by atoms with Gasteiger partial charge < -0.3 is 24.8 Å². The third-order valence-electron chi connectivity index (χ3n) is 4.54. The van der Waals surface area contributed by atoms with Crippen LogP contribution in [-0.4, -0.2) is 42.1 Å². The molecule has 2 amide bonds. The molecule has 35 heavy (non-hydrogen) atoms. The zero-order valence-electron chi connectivity index (χ0n) is 20.2. The van der Waals surface area contributed by atoms with Crippen molar-refractivity contribution in [1.29, 1.82) is 0 Å². The molecule has 0 saturated heterocycles. The first-order chi connectivity index (χ1) is 16.6. The average Bonchev–Trinajstić information content (AvgIpc) is 2.82. The standard InChI is InChI=1S/C26H32N2O7/c1-26(2,3)35-25(32)28-21(14-15-22(29)33-17-19-10-6-4-7-11-19)24(31)27-16-23(30)34-18-20-12-8-5-9-13-20/h4-13,21H,14-18H2,1-3H3,(H,27,31)(H,28,32)/t21-/m1/s1. The van der Waals surface area contributed by atoms with E-state index in [2.05, 4.69) is 10.6 Å². The molecule has 0 spiro atoms. The summed E-state index contributed by atoms with van der Waals surface area (Å²) in [6, 6.07) is 17.2. The molecule has 9 nitrogen and oxygen atoms in total. The molecule has 0 aromatic heterocycles. The monoisotopic (exact) mass is 484 g/mol. The zero-order valence-corrected chi connectivity index (χ0v) is 20.2. The molecule has 2 N–H and O–H groups in total. The number of hydrogen-bond donors (Lipinski definition) is 2. The molecule has 0 unspecified atom stereocenters. The molecule has 188 valence electrons. The maximum atomic E-state index is 12.7. The Morgan fingerprint density at radius 2 is 1.31 bits per heavy atom. The first kappa shape index (κ1) is 27.4. The van der Waals surface area contributed by atoms with Crippen molar-refractivity contribution < 1.29 is 33.4 Å². The van der Waals surface area contributed by atoms with Gasteiger partial charge in [0.2, 0.25) is 5.91 Å². The van der Waals surface area contributed by atoms with Gasteiger partial charge in [0.25, 0.3) is 0 Å². The molecular formula is C26H32N2O7. The van der Waals surface area contributed by atoms with E-state index in [1.54, 1.807) is 20.8 Å². The third kappa shape index (κ3) is 11.7. The molecule has 2 rings (SSSR count). The Morgan fingerprint density at radius 1 is 0.800 bits per heavy atom. The van der Waals surface area contributed by atoms with Gasteiger partial charge in [-0.25, -0.2) is 4.79 Å². The van der Waals surface area contributed by atoms with Gasteiger partial charge in [0, 0.05) is 6.42 Å². The maximum Gasteiger partial charge on any atom is 0.408 e. The summed E-state index contributed by atoms with van der Waals surface area (Å²) < 4.78 is 15.6. The quantitative estimate of drug-likeness (QED) is 0.371. The van der Waals surface area contributed by atoms with E-state index in [1.165, 1.54) is 0 Å². The van der Waals surface area contributed by atoms with Crippen molar-refractivity contribution in [1.82, 2.24) is 10.6 Å². The van der Waals surface area contributed by atoms with Crippen molar-refractivity contribution in [3.8, 4) is 0 Å². The fraction of sp³-hybridized carbons (Fsp3) is 0.385. The van der Waals surface area contributed by atoms with Crippen molar-refractivity contribution in [3.63, 3.8) is 0 Å². The Kier molecular flexibility index (Phi) is 10.7. The summed E-state index contributed by atoms with van der Waals surface area (Å²) in [5, 5.41) is 4.88. The molecule has 0 heterocycles. The number of hydrogen-bond acceptors (Lipinski definition) is 7. The number of rotatable bonds is 11. The van der Waals surface area contributed by atoms with Crippen molar-refractivity contribution in [3.05, 3.63) is 71.8 Å². The second-order valence-corrected chi connectivity index (χ2v) is 8.75. The van der Waals surface area contributed by atoms with Crippen LogP contribution >= 0.6 is 0 Å². The SMILES string of the molecule is CC(C)(C)OC(=O)N[C@H](CCC(=O)OCc1ccccc1)C(=O)NCC(=O)OCc1ccccc1. The van der Waals surface area contributed by atoms with Gasteiger partial charge in [-0.05, 0) is 38.3 Å². The fourth-order valence-corrected chi connectivity index (χ4v) is 2.86. The summed E-state index contributed by atoms with van der Waals surface area (Å²) in [6.07, 6.45) is -0.987. The molecule has 0 fully saturated rings. The minimum Gasteiger partial charge on any atom is -0.461 e. The number of ether oxygens (including phenoxy) is 3. The number of esters is 2. The highest BCUT2D eigenvalue weighted by Crippen LogP contribution is 2.09. The van der Waals surface area contributed by atoms with E-state index in [1.807, 2.05) is 60.7 Å². The molecule has 9 heteroatoms. The van der Waals surface area contributed by atoms with Crippen LogP contribution < -0.4 is 10.6 Å². The van der Waals surface area contributed by atoms with Gasteiger partial charge in [-0.2, -0.15) is 0 Å². The Balaban J connectivity index is 1.86. The molecule has 0 saturated carbocycles. The van der Waals surface area contributed by atoms with Gasteiger partial charge in [-0.1, -0.05) is 60.7 Å². The minimum atomic E-state index is -1.11. The van der Waals surface area contributed by atoms with Crippen molar-refractivity contribution >= 4 is 23.9 Å². The Hall–Kier alpha value is -3.88. The third-order valence-corrected chi connectivity index (χ3v) is 4.54. The van der Waals surface area contributed by atoms with Crippen LogP contribution in [0, 0.1) is 0 Å². The first-order valence-corrected chi connectivity index (χ1v) is 11.3. The van der Waals surface area contributed by atoms with E-state index in [4.69, 9.17) is 14.2 Å². The predicted octanol–water partition coefficient (Wildman–Crippen LogP) is 3.26. The Morgan fingerprint density at radius 3 is 1.83 bits per heavy atom. The lowest BCUT2D eigenvalue weighted by Gasteiger charge is -2.23. The van der Waals surface area contributed by atoms with Crippen LogP contribution in [0.15, 0.2) is 60.7 Å². The second kappa shape index (κ2) is 13.7. The summed E-state index contributed by atoms with van der Waals surface area (Å²) in [4.78, 5) is 49.1. The van der Waals surface area contributed by atoms with Crippen LogP contribution in [0.2, 0.25) is 0 Å². The molecule has 2 aromatic carbocycles. The minimum absolute atomic E-state index is 0.0439. The molecule has 2 aromatic rings. The summed E-state index contributed by atoms with van der Waals surface area (Å²) >= 11 is 0. The largest absolute Gasteiger partial charge is 0.461 e. The maximum absolute atomic E-state index is 12.7. The van der Waals surface area contributed by atoms with Crippen LogP contribution in [0.3, 0.4) is 0 Å². The van der Waals surface area contributed by atoms with E-state index in [9.17, 15) is 19.2 Å². The highest BCUT2D eigenvalue weighted by molar-refractivity contribution is 5.88. The lowest BCUT2D eigenvalue weighted by Crippen LogP contribution is -2.49. The fourth-order valence-electron chi connectivity index (χ4n) is 2.86. The number of amides is 2. The number of alkyl carbamates (subject to hydrolysis) is 1. The highest BCUT2D eigenvalue weighted by atomic mass is 16.6. The molecule has 0 radical (unpaired) electrons. The summed E-state index contributed by atoms with van der Waals surface area (Å²) in [5.74, 6) is -1.82. The van der Waals surface area contributed by atoms with E-state index in [-0.39, 0.29) is 26.1 Å². The van der Waals surface area contributed by atoms with E-state index < -0.39 is 42.1 Å². The van der Waals surface area contributed by atoms with Gasteiger partial charge in [0.15, 0.2) is 0 Å². The van der Waals surface area contributed by atoms with Crippen LogP contribution in [0.5, 0.6) is 0 Å². The van der Waals surface area contributed by atoms with Crippen molar-refractivity contribution in [2.75, 3.05) is 6.54 Å². The molecule has 1 atom stereocenters. The second-order valence-electron chi connectivity index (χ2n) is 8.75. The summed E-state index contributed by atoms with van der Waals surface area (Å²) in [7, 11) is 0. The van der Waals surface area contributed by atoms with Crippen LogP contribution in [0.25, 0.3) is 0 Å². The highest BCUT2D eigenvalue weighted by Gasteiger charge is 2.25. The average molecular weight is 485 g/mol. The zero-order chi connectivity index (χ0) is 25.7. The smallest absolute Gasteiger partial charge is 0.408 e. The van der Waals surface area contributed by atoms with E-state index >= 15 is 0 Å². The number of nitrogens with one attached hydrogen (secondary N) is 2. The number of carbonyl (C=O) groups excluding carboxylic acids is 4. The molecule has 0 aliphatic rings. The van der Waals surface area contributed by atoms with E-state index in [0.29, 0.717) is 0 Å². The van der Waals surface area contributed by atoms with E-state index in [0.717, 1.165) is 11.1 Å². The molecule has 0 aliphatic heterocycles. The van der Waals surface area contributed by atoms with Gasteiger partial charge in [0.1, 0.15) is 31.4 Å². The number of carbonyl (C=O) groups is 4. The Bertz CT molecular complexity index is 972. The van der Waals surface area contributed by atoms with Crippen LogP contribution in [0.4, 0.5) is 4.79 Å². The topological polar surface area (TPSA) is 120 Å². The first-order valence-electron chi connectivity index (χ1n) is 11.3. The normalized spacial score (nSPS) is 11.6. The molecular weight excluding hydrogens is 452 g/mol. The van der Waals surface area contributed by atoms with Crippen LogP contribution in [-0.2, 0) is 41.8 Å². The van der Waals surface area contributed by atoms with Crippen molar-refractivity contribution in [2.24, 2.45) is 0 Å². The van der Waals surface area contributed by atoms with Gasteiger partial charge in [0.05, 0.1) is 0 Å². The van der Waals surface area contributed by atoms with Crippen LogP contribution in [0.1, 0.15) is 44.7 Å². The van der Waals surface area contributed by atoms with Gasteiger partial charge >= 0.3 is 18.0 Å². The Labute approximate surface area is 205 Å². The lowest BCUT2D eigenvalue weighted by atomic mass is 10.1.